The number of halogens is 3. The van der Waals surface area contributed by atoms with E-state index < -0.39 is 27.8 Å². The van der Waals surface area contributed by atoms with Gasteiger partial charge in [0.05, 0.1) is 10.6 Å². The van der Waals surface area contributed by atoms with Crippen molar-refractivity contribution in [2.45, 2.75) is 11.1 Å². The van der Waals surface area contributed by atoms with Gasteiger partial charge in [-0.2, -0.15) is 11.1 Å². The molecule has 0 atom stereocenters. The molecule has 0 aromatic heterocycles. The van der Waals surface area contributed by atoms with Gasteiger partial charge >= 0.3 is 0 Å². The van der Waals surface area contributed by atoms with Crippen LogP contribution in [0.3, 0.4) is 0 Å². The molecular formula is C19H16ClF2N5O2S. The average Bonchev–Trinajstić information content (AvgIpc) is 3.25. The Labute approximate surface area is 176 Å². The van der Waals surface area contributed by atoms with Gasteiger partial charge in [-0.15, -0.1) is 0 Å². The van der Waals surface area contributed by atoms with Crippen molar-refractivity contribution in [3.63, 3.8) is 0 Å². The van der Waals surface area contributed by atoms with E-state index in [1.807, 2.05) is 0 Å². The van der Waals surface area contributed by atoms with Gasteiger partial charge in [-0.3, -0.25) is 4.72 Å². The summed E-state index contributed by atoms with van der Waals surface area (Å²) in [4.78, 5) is -0.175. The van der Waals surface area contributed by atoms with Crippen molar-refractivity contribution in [2.75, 3.05) is 4.72 Å². The first-order valence-electron chi connectivity index (χ1n) is 8.72. The molecule has 1 fully saturated rings. The minimum atomic E-state index is -4.22. The lowest BCUT2D eigenvalue weighted by molar-refractivity contribution is 0.552. The van der Waals surface area contributed by atoms with Crippen molar-refractivity contribution >= 4 is 27.3 Å². The first kappa shape index (κ1) is 20.7. The molecule has 1 aliphatic heterocycles. The van der Waals surface area contributed by atoms with Gasteiger partial charge in [0.15, 0.2) is 0 Å². The van der Waals surface area contributed by atoms with E-state index in [0.29, 0.717) is 17.2 Å². The first-order chi connectivity index (χ1) is 14.3. The van der Waals surface area contributed by atoms with Gasteiger partial charge in [0.2, 0.25) is 0 Å². The van der Waals surface area contributed by atoms with Crippen LogP contribution in [0.5, 0.6) is 0 Å². The van der Waals surface area contributed by atoms with Crippen LogP contribution in [0.1, 0.15) is 11.7 Å². The molecule has 0 spiro atoms. The molecule has 0 aliphatic carbocycles. The fourth-order valence-electron chi connectivity index (χ4n) is 3.00. The van der Waals surface area contributed by atoms with Crippen molar-refractivity contribution in [1.29, 1.82) is 0 Å². The Bertz CT molecular complexity index is 1190. The van der Waals surface area contributed by atoms with Crippen LogP contribution < -0.4 is 26.6 Å². The molecule has 1 heterocycles. The van der Waals surface area contributed by atoms with Crippen LogP contribution in [0.15, 0.2) is 65.6 Å². The Balaban J connectivity index is 1.70. The van der Waals surface area contributed by atoms with Gasteiger partial charge < -0.3 is 0 Å². The molecule has 0 saturated carbocycles. The van der Waals surface area contributed by atoms with Gasteiger partial charge in [0.25, 0.3) is 10.0 Å². The smallest absolute Gasteiger partial charge is 0.262 e. The SMILES string of the molecule is O=S(=O)(Nc1cc(-c2ccccc2)c(F)cc1F)c1cc(Cl)cc(C2NNNN2)c1. The summed E-state index contributed by atoms with van der Waals surface area (Å²) in [5.41, 5.74) is 11.6. The van der Waals surface area contributed by atoms with E-state index in [-0.39, 0.29) is 21.2 Å². The van der Waals surface area contributed by atoms with Crippen LogP contribution in [-0.4, -0.2) is 8.42 Å². The monoisotopic (exact) mass is 451 g/mol. The molecule has 7 nitrogen and oxygen atoms in total. The Morgan fingerprint density at radius 1 is 0.900 bits per heavy atom. The highest BCUT2D eigenvalue weighted by Gasteiger charge is 2.23. The summed E-state index contributed by atoms with van der Waals surface area (Å²) in [6.45, 7) is 0. The molecular weight excluding hydrogens is 436 g/mol. The van der Waals surface area contributed by atoms with Crippen LogP contribution in [0.2, 0.25) is 5.02 Å². The zero-order valence-electron chi connectivity index (χ0n) is 15.2. The number of nitrogens with one attached hydrogen (secondary N) is 5. The number of hydrogen-bond acceptors (Lipinski definition) is 6. The van der Waals surface area contributed by atoms with E-state index in [9.17, 15) is 17.2 Å². The van der Waals surface area contributed by atoms with Gasteiger partial charge in [-0.25, -0.2) is 28.1 Å². The summed E-state index contributed by atoms with van der Waals surface area (Å²) in [6, 6.07) is 14.4. The van der Waals surface area contributed by atoms with Crippen LogP contribution in [0.25, 0.3) is 11.1 Å². The molecule has 3 aromatic rings. The van der Waals surface area contributed by atoms with Crippen LogP contribution in [0.4, 0.5) is 14.5 Å². The fourth-order valence-corrected chi connectivity index (χ4v) is 4.44. The molecule has 3 aromatic carbocycles. The van der Waals surface area contributed by atoms with Crippen molar-refractivity contribution in [1.82, 2.24) is 21.9 Å². The van der Waals surface area contributed by atoms with Crippen molar-refractivity contribution in [3.05, 3.63) is 82.9 Å². The third-order valence-electron chi connectivity index (χ3n) is 4.42. The largest absolute Gasteiger partial charge is 0.277 e. The van der Waals surface area contributed by atoms with E-state index in [2.05, 4.69) is 26.6 Å². The maximum atomic E-state index is 14.4. The van der Waals surface area contributed by atoms with E-state index in [1.165, 1.54) is 12.1 Å². The van der Waals surface area contributed by atoms with Crippen LogP contribution in [0, 0.1) is 11.6 Å². The molecule has 4 rings (SSSR count). The van der Waals surface area contributed by atoms with Gasteiger partial charge in [0, 0.05) is 16.7 Å². The fraction of sp³-hybridized carbons (Fsp3) is 0.0526. The molecule has 156 valence electrons. The number of hydrogen-bond donors (Lipinski definition) is 5. The minimum Gasteiger partial charge on any atom is -0.277 e. The van der Waals surface area contributed by atoms with E-state index >= 15 is 0 Å². The molecule has 0 amide bonds. The summed E-state index contributed by atoms with van der Waals surface area (Å²) in [5, 5.41) is 0.174. The number of benzene rings is 3. The van der Waals surface area contributed by atoms with Gasteiger partial charge in [-0.05, 0) is 35.4 Å². The Kier molecular flexibility index (Phi) is 5.69. The lowest BCUT2D eigenvalue weighted by Crippen LogP contribution is -2.33. The summed E-state index contributed by atoms with van der Waals surface area (Å²) in [5.74, 6) is -1.84. The molecule has 0 unspecified atom stereocenters. The number of anilines is 1. The topological polar surface area (TPSA) is 94.3 Å². The highest BCUT2D eigenvalue weighted by Crippen LogP contribution is 2.30. The second kappa shape index (κ2) is 8.26. The number of sulfonamides is 1. The third-order valence-corrected chi connectivity index (χ3v) is 5.98. The van der Waals surface area contributed by atoms with Gasteiger partial charge in [0.1, 0.15) is 17.8 Å². The first-order valence-corrected chi connectivity index (χ1v) is 10.6. The van der Waals surface area contributed by atoms with Crippen LogP contribution >= 0.6 is 11.6 Å². The number of rotatable bonds is 5. The highest BCUT2D eigenvalue weighted by molar-refractivity contribution is 7.92. The van der Waals surface area contributed by atoms with Gasteiger partial charge in [-0.1, -0.05) is 41.9 Å². The zero-order valence-corrected chi connectivity index (χ0v) is 16.8. The predicted molar refractivity (Wildman–Crippen MR) is 109 cm³/mol. The summed E-state index contributed by atoms with van der Waals surface area (Å²) in [7, 11) is -4.22. The lowest BCUT2D eigenvalue weighted by atomic mass is 10.0. The Morgan fingerprint density at radius 3 is 2.30 bits per heavy atom. The molecule has 1 aliphatic rings. The second-order valence-electron chi connectivity index (χ2n) is 6.48. The normalized spacial score (nSPS) is 14.8. The maximum absolute atomic E-state index is 14.4. The van der Waals surface area contributed by atoms with Crippen molar-refractivity contribution in [3.8, 4) is 11.1 Å². The van der Waals surface area contributed by atoms with Crippen molar-refractivity contribution < 1.29 is 17.2 Å². The van der Waals surface area contributed by atoms with Crippen LogP contribution in [-0.2, 0) is 10.0 Å². The molecule has 0 bridgehead atoms. The van der Waals surface area contributed by atoms with E-state index in [4.69, 9.17) is 11.6 Å². The van der Waals surface area contributed by atoms with Crippen molar-refractivity contribution in [2.24, 2.45) is 0 Å². The molecule has 11 heteroatoms. The quantitative estimate of drug-likeness (QED) is 0.409. The molecule has 0 radical (unpaired) electrons. The predicted octanol–water partition coefficient (Wildman–Crippen LogP) is 3.20. The minimum absolute atomic E-state index is 0.0676. The molecule has 30 heavy (non-hydrogen) atoms. The second-order valence-corrected chi connectivity index (χ2v) is 8.59. The summed E-state index contributed by atoms with van der Waals surface area (Å²) < 4.78 is 56.6. The average molecular weight is 452 g/mol. The summed E-state index contributed by atoms with van der Waals surface area (Å²) in [6.07, 6.45) is -0.454. The Morgan fingerprint density at radius 2 is 1.60 bits per heavy atom. The highest BCUT2D eigenvalue weighted by atomic mass is 35.5. The molecule has 1 saturated heterocycles. The standard InChI is InChI=1S/C19H16ClF2N5O2S/c20-13-6-12(19-23-26-27-24-19)7-14(8-13)30(28,29)25-18-9-15(16(21)10-17(18)22)11-4-2-1-3-5-11/h1-10,19,23-27H. The molecule has 5 N–H and O–H groups in total. The van der Waals surface area contributed by atoms with E-state index in [0.717, 1.165) is 6.07 Å². The lowest BCUT2D eigenvalue weighted by Gasteiger charge is -2.15. The number of hydrazine groups is 3. The summed E-state index contributed by atoms with van der Waals surface area (Å²) >= 11 is 6.08. The third kappa shape index (κ3) is 4.29. The van der Waals surface area contributed by atoms with E-state index in [1.54, 1.807) is 36.4 Å². The maximum Gasteiger partial charge on any atom is 0.262 e. The zero-order chi connectivity index (χ0) is 21.3. The Hall–Kier alpha value is -2.60.